The number of carboxylic acids is 1. The Kier molecular flexibility index (Phi) is 4.76. The zero-order chi connectivity index (χ0) is 15.6. The molecule has 6 heteroatoms. The van der Waals surface area contributed by atoms with Gasteiger partial charge < -0.3 is 9.84 Å². The van der Waals surface area contributed by atoms with Gasteiger partial charge >= 0.3 is 5.97 Å². The summed E-state index contributed by atoms with van der Waals surface area (Å²) in [5.41, 5.74) is 0.576. The van der Waals surface area contributed by atoms with Crippen molar-refractivity contribution < 1.29 is 23.4 Å². The van der Waals surface area contributed by atoms with Crippen LogP contribution in [0.15, 0.2) is 30.3 Å². The lowest BCUT2D eigenvalue weighted by Gasteiger charge is -2.13. The quantitative estimate of drug-likeness (QED) is 0.779. The molecule has 0 aliphatic carbocycles. The van der Waals surface area contributed by atoms with Gasteiger partial charge in [0.2, 0.25) is 0 Å². The fourth-order valence-corrected chi connectivity index (χ4v) is 2.77. The highest BCUT2D eigenvalue weighted by atomic mass is 127. The smallest absolute Gasteiger partial charge is 0.335 e. The van der Waals surface area contributed by atoms with Gasteiger partial charge in [-0.05, 0) is 59.3 Å². The number of aryl methyl sites for hydroxylation is 1. The van der Waals surface area contributed by atoms with Gasteiger partial charge in [-0.15, -0.1) is 0 Å². The van der Waals surface area contributed by atoms with Gasteiger partial charge in [0.1, 0.15) is 24.0 Å². The van der Waals surface area contributed by atoms with Crippen LogP contribution in [-0.4, -0.2) is 11.1 Å². The number of halogens is 3. The first-order valence-corrected chi connectivity index (χ1v) is 7.07. The second-order valence-corrected chi connectivity index (χ2v) is 5.56. The van der Waals surface area contributed by atoms with Crippen molar-refractivity contribution in [3.63, 3.8) is 0 Å². The van der Waals surface area contributed by atoms with Crippen molar-refractivity contribution >= 4 is 28.6 Å². The molecule has 2 rings (SSSR count). The number of carbonyl (C=O) groups is 1. The first-order chi connectivity index (χ1) is 9.90. The fraction of sp³-hybridized carbons (Fsp3) is 0.133. The molecule has 0 aliphatic heterocycles. The van der Waals surface area contributed by atoms with E-state index in [1.165, 1.54) is 18.2 Å². The van der Waals surface area contributed by atoms with Crippen LogP contribution in [0.4, 0.5) is 8.78 Å². The topological polar surface area (TPSA) is 46.5 Å². The van der Waals surface area contributed by atoms with E-state index in [1.54, 1.807) is 6.92 Å². The minimum atomic E-state index is -1.04. The van der Waals surface area contributed by atoms with E-state index >= 15 is 0 Å². The first-order valence-electron chi connectivity index (χ1n) is 5.99. The van der Waals surface area contributed by atoms with Gasteiger partial charge in [0.25, 0.3) is 0 Å². The molecule has 110 valence electrons. The molecule has 0 aliphatic rings. The third-order valence-electron chi connectivity index (χ3n) is 2.90. The summed E-state index contributed by atoms with van der Waals surface area (Å²) in [6, 6.07) is 6.51. The molecule has 0 fully saturated rings. The maximum atomic E-state index is 13.5. The highest BCUT2D eigenvalue weighted by Crippen LogP contribution is 2.28. The number of hydrogen-bond donors (Lipinski definition) is 1. The van der Waals surface area contributed by atoms with Crippen LogP contribution >= 0.6 is 22.6 Å². The molecule has 0 unspecified atom stereocenters. The number of carboxylic acid groups (broad SMARTS) is 1. The molecule has 0 bridgehead atoms. The summed E-state index contributed by atoms with van der Waals surface area (Å²) in [5, 5.41) is 8.96. The largest absolute Gasteiger partial charge is 0.487 e. The van der Waals surface area contributed by atoms with E-state index in [0.717, 1.165) is 12.1 Å². The van der Waals surface area contributed by atoms with Gasteiger partial charge in [-0.2, -0.15) is 0 Å². The molecule has 0 saturated carbocycles. The van der Waals surface area contributed by atoms with E-state index in [4.69, 9.17) is 9.84 Å². The normalized spacial score (nSPS) is 10.5. The third-order valence-corrected chi connectivity index (χ3v) is 3.70. The Hall–Kier alpha value is -1.70. The summed E-state index contributed by atoms with van der Waals surface area (Å²) < 4.78 is 33.1. The van der Waals surface area contributed by atoms with Crippen LogP contribution in [0.25, 0.3) is 0 Å². The second kappa shape index (κ2) is 6.38. The summed E-state index contributed by atoms with van der Waals surface area (Å²) in [4.78, 5) is 10.9. The highest BCUT2D eigenvalue weighted by molar-refractivity contribution is 14.1. The fourth-order valence-electron chi connectivity index (χ4n) is 1.85. The molecule has 0 saturated heterocycles. The summed E-state index contributed by atoms with van der Waals surface area (Å²) in [6.07, 6.45) is 0. The van der Waals surface area contributed by atoms with Gasteiger partial charge in [0.05, 0.1) is 14.7 Å². The molecule has 0 aromatic heterocycles. The zero-order valence-electron chi connectivity index (χ0n) is 11.0. The molecule has 3 nitrogen and oxygen atoms in total. The lowest BCUT2D eigenvalue weighted by Crippen LogP contribution is -2.05. The summed E-state index contributed by atoms with van der Waals surface area (Å²) in [7, 11) is 0. The second-order valence-electron chi connectivity index (χ2n) is 4.40. The molecule has 0 amide bonds. The Morgan fingerprint density at radius 1 is 1.29 bits per heavy atom. The number of rotatable bonds is 4. The first kappa shape index (κ1) is 15.7. The van der Waals surface area contributed by atoms with E-state index in [2.05, 4.69) is 0 Å². The Bertz CT molecular complexity index is 658. The van der Waals surface area contributed by atoms with Crippen molar-refractivity contribution in [1.82, 2.24) is 0 Å². The van der Waals surface area contributed by atoms with Crippen molar-refractivity contribution in [2.75, 3.05) is 0 Å². The Morgan fingerprint density at radius 2 is 1.90 bits per heavy atom. The van der Waals surface area contributed by atoms with Crippen LogP contribution in [0.5, 0.6) is 5.75 Å². The monoisotopic (exact) mass is 404 g/mol. The van der Waals surface area contributed by atoms with Crippen molar-refractivity contribution in [1.29, 1.82) is 0 Å². The molecule has 21 heavy (non-hydrogen) atoms. The molecule has 0 atom stereocenters. The van der Waals surface area contributed by atoms with Crippen LogP contribution in [0.2, 0.25) is 0 Å². The lowest BCUT2D eigenvalue weighted by atomic mass is 10.1. The number of aromatic carboxylic acids is 1. The van der Waals surface area contributed by atoms with E-state index in [1.807, 2.05) is 22.6 Å². The van der Waals surface area contributed by atoms with Gasteiger partial charge in [-0.25, -0.2) is 13.6 Å². The van der Waals surface area contributed by atoms with E-state index in [-0.39, 0.29) is 17.7 Å². The molecule has 0 heterocycles. The average Bonchev–Trinajstić information content (AvgIpc) is 2.40. The van der Waals surface area contributed by atoms with Crippen molar-refractivity contribution in [2.45, 2.75) is 13.5 Å². The standard InChI is InChI=1S/C15H11F2IO3/c1-8-5-9(15(19)20)6-13(18)14(8)21-7-10-11(16)3-2-4-12(10)17/h2-6H,7H2,1H3,(H,19,20). The predicted octanol–water partition coefficient (Wildman–Crippen LogP) is 4.16. The summed E-state index contributed by atoms with van der Waals surface area (Å²) in [6.45, 7) is 1.42. The lowest BCUT2D eigenvalue weighted by molar-refractivity contribution is 0.0696. The molecule has 2 aromatic rings. The SMILES string of the molecule is Cc1cc(C(=O)O)cc(I)c1OCc1c(F)cccc1F. The average molecular weight is 404 g/mol. The van der Waals surface area contributed by atoms with Crippen LogP contribution in [0, 0.1) is 22.1 Å². The van der Waals surface area contributed by atoms with Gasteiger partial charge in [0, 0.05) is 0 Å². The minimum Gasteiger partial charge on any atom is -0.487 e. The van der Waals surface area contributed by atoms with E-state index in [9.17, 15) is 13.6 Å². The Balaban J connectivity index is 2.27. The molecule has 1 N–H and O–H groups in total. The Labute approximate surface area is 133 Å². The molecule has 0 spiro atoms. The Morgan fingerprint density at radius 3 is 2.43 bits per heavy atom. The van der Waals surface area contributed by atoms with Crippen LogP contribution < -0.4 is 4.74 Å². The van der Waals surface area contributed by atoms with Gasteiger partial charge in [0.15, 0.2) is 0 Å². The van der Waals surface area contributed by atoms with Crippen LogP contribution in [0.3, 0.4) is 0 Å². The van der Waals surface area contributed by atoms with Gasteiger partial charge in [-0.1, -0.05) is 6.07 Å². The van der Waals surface area contributed by atoms with Crippen molar-refractivity contribution in [2.24, 2.45) is 0 Å². The van der Waals surface area contributed by atoms with E-state index < -0.39 is 17.6 Å². The molecule has 0 radical (unpaired) electrons. The van der Waals surface area contributed by atoms with E-state index in [0.29, 0.717) is 14.9 Å². The number of ether oxygens (including phenoxy) is 1. The predicted molar refractivity (Wildman–Crippen MR) is 81.5 cm³/mol. The highest BCUT2D eigenvalue weighted by Gasteiger charge is 2.14. The van der Waals surface area contributed by atoms with Crippen LogP contribution in [0.1, 0.15) is 21.5 Å². The number of benzene rings is 2. The maximum Gasteiger partial charge on any atom is 0.335 e. The minimum absolute atomic E-state index is 0.140. The third kappa shape index (κ3) is 3.49. The molecular weight excluding hydrogens is 393 g/mol. The number of hydrogen-bond acceptors (Lipinski definition) is 2. The maximum absolute atomic E-state index is 13.5. The summed E-state index contributed by atoms with van der Waals surface area (Å²) in [5.74, 6) is -1.97. The van der Waals surface area contributed by atoms with Crippen LogP contribution in [-0.2, 0) is 6.61 Å². The van der Waals surface area contributed by atoms with Gasteiger partial charge in [-0.3, -0.25) is 0 Å². The molecule has 2 aromatic carbocycles. The summed E-state index contributed by atoms with van der Waals surface area (Å²) >= 11 is 1.93. The zero-order valence-corrected chi connectivity index (χ0v) is 13.1. The van der Waals surface area contributed by atoms with Crippen molar-refractivity contribution in [3.8, 4) is 5.75 Å². The van der Waals surface area contributed by atoms with Crippen molar-refractivity contribution in [3.05, 3.63) is 62.2 Å². The molecular formula is C15H11F2IO3.